The van der Waals surface area contributed by atoms with Gasteiger partial charge in [0.25, 0.3) is 5.91 Å². The van der Waals surface area contributed by atoms with Crippen LogP contribution in [-0.2, 0) is 0 Å². The van der Waals surface area contributed by atoms with Crippen molar-refractivity contribution in [1.29, 1.82) is 0 Å². The molecule has 1 atom stereocenters. The minimum atomic E-state index is -0.255. The van der Waals surface area contributed by atoms with E-state index in [-0.39, 0.29) is 17.1 Å². The Kier molecular flexibility index (Phi) is 3.98. The quantitative estimate of drug-likeness (QED) is 0.665. The lowest BCUT2D eigenvalue weighted by Crippen LogP contribution is -2.30. The lowest BCUT2D eigenvalue weighted by Gasteiger charge is -2.24. The Morgan fingerprint density at radius 2 is 1.75 bits per heavy atom. The van der Waals surface area contributed by atoms with Gasteiger partial charge in [0.2, 0.25) is 0 Å². The molecule has 0 bridgehead atoms. The number of rotatable bonds is 2. The van der Waals surface area contributed by atoms with E-state index in [0.717, 1.165) is 22.1 Å². The summed E-state index contributed by atoms with van der Waals surface area (Å²) in [7, 11) is 0. The Bertz CT molecular complexity index is 894. The molecule has 1 fully saturated rings. The van der Waals surface area contributed by atoms with E-state index in [1.807, 2.05) is 47.4 Å². The van der Waals surface area contributed by atoms with E-state index in [9.17, 15) is 9.18 Å². The molecule has 1 saturated heterocycles. The van der Waals surface area contributed by atoms with Gasteiger partial charge in [0, 0.05) is 17.9 Å². The van der Waals surface area contributed by atoms with Gasteiger partial charge in [-0.1, -0.05) is 42.5 Å². The van der Waals surface area contributed by atoms with E-state index < -0.39 is 0 Å². The number of carbonyl (C=O) groups is 1. The van der Waals surface area contributed by atoms with Gasteiger partial charge in [0.1, 0.15) is 11.2 Å². The monoisotopic (exact) mass is 337 g/mol. The number of hydrogen-bond donors (Lipinski definition) is 0. The molecule has 0 N–H and O–H groups in total. The van der Waals surface area contributed by atoms with E-state index in [0.29, 0.717) is 12.1 Å². The van der Waals surface area contributed by atoms with Gasteiger partial charge in [-0.3, -0.25) is 4.79 Å². The predicted molar refractivity (Wildman–Crippen MR) is 96.6 cm³/mol. The maximum atomic E-state index is 13.2. The number of fused-ring (bicyclic) bond motifs is 1. The highest BCUT2D eigenvalue weighted by molar-refractivity contribution is 7.99. The molecule has 0 aromatic heterocycles. The summed E-state index contributed by atoms with van der Waals surface area (Å²) in [4.78, 5) is 14.9. The molecule has 0 unspecified atom stereocenters. The molecule has 0 spiro atoms. The summed E-state index contributed by atoms with van der Waals surface area (Å²) in [5.41, 5.74) is 1.66. The van der Waals surface area contributed by atoms with Crippen LogP contribution in [0.1, 0.15) is 21.3 Å². The van der Waals surface area contributed by atoms with Crippen LogP contribution in [0.2, 0.25) is 0 Å². The topological polar surface area (TPSA) is 20.3 Å². The molecule has 1 aliphatic rings. The molecule has 1 amide bonds. The summed E-state index contributed by atoms with van der Waals surface area (Å²) >= 11 is 1.72. The molecule has 1 aliphatic heterocycles. The number of nitrogens with zero attached hydrogens (tertiary/aromatic N) is 1. The summed E-state index contributed by atoms with van der Waals surface area (Å²) in [6, 6.07) is 20.3. The third kappa shape index (κ3) is 2.78. The zero-order valence-electron chi connectivity index (χ0n) is 13.0. The molecule has 2 nitrogen and oxygen atoms in total. The second-order valence-corrected chi connectivity index (χ2v) is 7.02. The van der Waals surface area contributed by atoms with Gasteiger partial charge in [-0.15, -0.1) is 11.8 Å². The highest BCUT2D eigenvalue weighted by Crippen LogP contribution is 2.38. The molecule has 4 heteroatoms. The number of amides is 1. The average molecular weight is 337 g/mol. The van der Waals surface area contributed by atoms with Crippen molar-refractivity contribution in [3.05, 3.63) is 83.7 Å². The van der Waals surface area contributed by atoms with Gasteiger partial charge >= 0.3 is 0 Å². The third-order valence-corrected chi connectivity index (χ3v) is 5.56. The Hall–Kier alpha value is -2.33. The fraction of sp³-hybridized carbons (Fsp3) is 0.150. The van der Waals surface area contributed by atoms with Gasteiger partial charge in [-0.05, 0) is 40.6 Å². The number of halogens is 1. The minimum Gasteiger partial charge on any atom is -0.322 e. The highest BCUT2D eigenvalue weighted by Gasteiger charge is 2.31. The zero-order chi connectivity index (χ0) is 16.5. The maximum Gasteiger partial charge on any atom is 0.255 e. The van der Waals surface area contributed by atoms with Crippen molar-refractivity contribution >= 4 is 28.4 Å². The van der Waals surface area contributed by atoms with Crippen molar-refractivity contribution in [2.24, 2.45) is 0 Å². The fourth-order valence-electron chi connectivity index (χ4n) is 3.07. The Labute approximate surface area is 144 Å². The van der Waals surface area contributed by atoms with Crippen molar-refractivity contribution in [2.45, 2.75) is 5.37 Å². The van der Waals surface area contributed by atoms with Crippen LogP contribution in [0.25, 0.3) is 10.8 Å². The number of hydrogen-bond acceptors (Lipinski definition) is 2. The molecule has 0 saturated carbocycles. The first-order valence-corrected chi connectivity index (χ1v) is 8.94. The number of carbonyl (C=O) groups excluding carboxylic acids is 1. The standard InChI is InChI=1S/C20H16FNOS/c21-18-9-7-15(8-10-18)20-22(11-12-24-20)19(23)17-6-5-14-3-1-2-4-16(14)13-17/h1-10,13,20H,11-12H2/t20-/m0/s1. The molecule has 0 aliphatic carbocycles. The van der Waals surface area contributed by atoms with Gasteiger partial charge in [0.15, 0.2) is 0 Å². The van der Waals surface area contributed by atoms with Crippen LogP contribution in [0.15, 0.2) is 66.7 Å². The molecule has 3 aromatic rings. The lowest BCUT2D eigenvalue weighted by atomic mass is 10.1. The fourth-order valence-corrected chi connectivity index (χ4v) is 4.33. The van der Waals surface area contributed by atoms with Crippen molar-refractivity contribution in [3.8, 4) is 0 Å². The van der Waals surface area contributed by atoms with Crippen LogP contribution in [0.5, 0.6) is 0 Å². The Morgan fingerprint density at radius 1 is 1.00 bits per heavy atom. The van der Waals surface area contributed by atoms with Crippen molar-refractivity contribution in [1.82, 2.24) is 4.90 Å². The first-order chi connectivity index (χ1) is 11.7. The predicted octanol–water partition coefficient (Wildman–Crippen LogP) is 4.87. The van der Waals surface area contributed by atoms with Gasteiger partial charge in [-0.2, -0.15) is 0 Å². The van der Waals surface area contributed by atoms with Crippen LogP contribution in [0, 0.1) is 5.82 Å². The Morgan fingerprint density at radius 3 is 2.54 bits per heavy atom. The molecule has 1 heterocycles. The number of benzene rings is 3. The lowest BCUT2D eigenvalue weighted by molar-refractivity contribution is 0.0760. The summed E-state index contributed by atoms with van der Waals surface area (Å²) in [6.07, 6.45) is 0. The average Bonchev–Trinajstić information content (AvgIpc) is 3.11. The van der Waals surface area contributed by atoms with Crippen molar-refractivity contribution in [3.63, 3.8) is 0 Å². The molecule has 3 aromatic carbocycles. The zero-order valence-corrected chi connectivity index (χ0v) is 13.8. The van der Waals surface area contributed by atoms with Crippen LogP contribution >= 0.6 is 11.8 Å². The van der Waals surface area contributed by atoms with Crippen molar-refractivity contribution < 1.29 is 9.18 Å². The van der Waals surface area contributed by atoms with Gasteiger partial charge < -0.3 is 4.90 Å². The van der Waals surface area contributed by atoms with Gasteiger partial charge in [-0.25, -0.2) is 4.39 Å². The first kappa shape index (κ1) is 15.2. The van der Waals surface area contributed by atoms with E-state index in [1.165, 1.54) is 12.1 Å². The largest absolute Gasteiger partial charge is 0.322 e. The maximum absolute atomic E-state index is 13.2. The van der Waals surface area contributed by atoms with Crippen LogP contribution in [0.3, 0.4) is 0 Å². The number of thioether (sulfide) groups is 1. The summed E-state index contributed by atoms with van der Waals surface area (Å²) < 4.78 is 13.2. The molecular formula is C20H16FNOS. The van der Waals surface area contributed by atoms with E-state index >= 15 is 0 Å². The SMILES string of the molecule is O=C(c1ccc2ccccc2c1)N1CCS[C@H]1c1ccc(F)cc1. The Balaban J connectivity index is 1.65. The normalized spacial score (nSPS) is 17.4. The third-order valence-electron chi connectivity index (χ3n) is 4.30. The molecule has 120 valence electrons. The highest BCUT2D eigenvalue weighted by atomic mass is 32.2. The van der Waals surface area contributed by atoms with Crippen LogP contribution in [0.4, 0.5) is 4.39 Å². The minimum absolute atomic E-state index is 0.0279. The molecule has 24 heavy (non-hydrogen) atoms. The molecular weight excluding hydrogens is 321 g/mol. The summed E-state index contributed by atoms with van der Waals surface area (Å²) in [5, 5.41) is 2.14. The van der Waals surface area contributed by atoms with Crippen molar-refractivity contribution in [2.75, 3.05) is 12.3 Å². The summed E-state index contributed by atoms with van der Waals surface area (Å²) in [6.45, 7) is 0.707. The first-order valence-electron chi connectivity index (χ1n) is 7.89. The van der Waals surface area contributed by atoms with Gasteiger partial charge in [0.05, 0.1) is 0 Å². The van der Waals surface area contributed by atoms with Crippen LogP contribution < -0.4 is 0 Å². The molecule has 4 rings (SSSR count). The second kappa shape index (κ2) is 6.29. The second-order valence-electron chi connectivity index (χ2n) is 5.84. The van der Waals surface area contributed by atoms with Crippen LogP contribution in [-0.4, -0.2) is 23.1 Å². The smallest absolute Gasteiger partial charge is 0.255 e. The molecule has 0 radical (unpaired) electrons. The van der Waals surface area contributed by atoms with E-state index in [2.05, 4.69) is 0 Å². The van der Waals surface area contributed by atoms with E-state index in [1.54, 1.807) is 23.9 Å². The van der Waals surface area contributed by atoms with E-state index in [4.69, 9.17) is 0 Å². The summed E-state index contributed by atoms with van der Waals surface area (Å²) in [5.74, 6) is 0.663.